The van der Waals surface area contributed by atoms with Crippen LogP contribution in [-0.2, 0) is 4.74 Å². The highest BCUT2D eigenvalue weighted by Crippen LogP contribution is 2.24. The molecule has 3 atom stereocenters. The summed E-state index contributed by atoms with van der Waals surface area (Å²) < 4.78 is 5.64. The lowest BCUT2D eigenvalue weighted by Gasteiger charge is -2.37. The number of hydrogen-bond acceptors (Lipinski definition) is 3. The SMILES string of the molecule is CC1CN(C2CCCCC2O)CCCO1. The normalized spacial score (nSPS) is 40.0. The molecule has 0 radical (unpaired) electrons. The standard InChI is InChI=1S/C12H23NO2/c1-10-9-13(7-4-8-15-10)11-5-2-3-6-12(11)14/h10-12,14H,2-9H2,1H3. The second kappa shape index (κ2) is 5.28. The van der Waals surface area contributed by atoms with Crippen molar-refractivity contribution in [1.82, 2.24) is 4.90 Å². The Bertz CT molecular complexity index is 198. The Morgan fingerprint density at radius 3 is 2.80 bits per heavy atom. The maximum atomic E-state index is 10.0. The summed E-state index contributed by atoms with van der Waals surface area (Å²) in [6.07, 6.45) is 5.92. The Hall–Kier alpha value is -0.120. The summed E-state index contributed by atoms with van der Waals surface area (Å²) in [6.45, 7) is 5.09. The second-order valence-electron chi connectivity index (χ2n) is 4.95. The number of aliphatic hydroxyl groups excluding tert-OH is 1. The Kier molecular flexibility index (Phi) is 4.00. The summed E-state index contributed by atoms with van der Waals surface area (Å²) in [5.41, 5.74) is 0. The van der Waals surface area contributed by atoms with Gasteiger partial charge in [-0.15, -0.1) is 0 Å². The van der Waals surface area contributed by atoms with E-state index in [-0.39, 0.29) is 6.10 Å². The van der Waals surface area contributed by atoms with Crippen molar-refractivity contribution in [2.75, 3.05) is 19.7 Å². The summed E-state index contributed by atoms with van der Waals surface area (Å²) in [7, 11) is 0. The van der Waals surface area contributed by atoms with Gasteiger partial charge in [-0.2, -0.15) is 0 Å². The highest BCUT2D eigenvalue weighted by molar-refractivity contribution is 4.84. The van der Waals surface area contributed by atoms with Gasteiger partial charge in [-0.25, -0.2) is 0 Å². The van der Waals surface area contributed by atoms with Gasteiger partial charge in [-0.05, 0) is 26.2 Å². The molecule has 3 unspecified atom stereocenters. The van der Waals surface area contributed by atoms with Gasteiger partial charge in [0.2, 0.25) is 0 Å². The summed E-state index contributed by atoms with van der Waals surface area (Å²) in [5.74, 6) is 0. The van der Waals surface area contributed by atoms with Gasteiger partial charge >= 0.3 is 0 Å². The molecule has 2 fully saturated rings. The summed E-state index contributed by atoms with van der Waals surface area (Å²) in [4.78, 5) is 2.45. The van der Waals surface area contributed by atoms with Crippen LogP contribution in [0.3, 0.4) is 0 Å². The third kappa shape index (κ3) is 2.92. The quantitative estimate of drug-likeness (QED) is 0.714. The number of ether oxygens (including phenoxy) is 1. The molecule has 0 aromatic heterocycles. The third-order valence-corrected chi connectivity index (χ3v) is 3.65. The van der Waals surface area contributed by atoms with Gasteiger partial charge in [0.15, 0.2) is 0 Å². The zero-order valence-electron chi connectivity index (χ0n) is 9.69. The van der Waals surface area contributed by atoms with Crippen molar-refractivity contribution in [2.45, 2.75) is 57.3 Å². The first-order valence-electron chi connectivity index (χ1n) is 6.31. The van der Waals surface area contributed by atoms with Crippen LogP contribution in [0.15, 0.2) is 0 Å². The van der Waals surface area contributed by atoms with Gasteiger partial charge in [0, 0.05) is 25.7 Å². The minimum absolute atomic E-state index is 0.107. The van der Waals surface area contributed by atoms with E-state index in [1.807, 2.05) is 0 Å². The number of hydrogen-bond donors (Lipinski definition) is 1. The fraction of sp³-hybridized carbons (Fsp3) is 1.00. The lowest BCUT2D eigenvalue weighted by molar-refractivity contribution is 0.00474. The van der Waals surface area contributed by atoms with E-state index in [0.717, 1.165) is 39.0 Å². The molecule has 0 aromatic carbocycles. The van der Waals surface area contributed by atoms with Gasteiger partial charge in [0.05, 0.1) is 12.2 Å². The Morgan fingerprint density at radius 2 is 2.00 bits per heavy atom. The fourth-order valence-corrected chi connectivity index (χ4v) is 2.85. The van der Waals surface area contributed by atoms with Crippen LogP contribution < -0.4 is 0 Å². The molecule has 0 aromatic rings. The molecule has 1 saturated carbocycles. The highest BCUT2D eigenvalue weighted by Gasteiger charge is 2.30. The van der Waals surface area contributed by atoms with Gasteiger partial charge in [0.1, 0.15) is 0 Å². The Morgan fingerprint density at radius 1 is 1.20 bits per heavy atom. The van der Waals surface area contributed by atoms with Crippen molar-refractivity contribution in [2.24, 2.45) is 0 Å². The van der Waals surface area contributed by atoms with Crippen LogP contribution >= 0.6 is 0 Å². The van der Waals surface area contributed by atoms with E-state index < -0.39 is 0 Å². The molecule has 1 aliphatic heterocycles. The van der Waals surface area contributed by atoms with Crippen molar-refractivity contribution in [3.63, 3.8) is 0 Å². The van der Waals surface area contributed by atoms with Crippen molar-refractivity contribution < 1.29 is 9.84 Å². The van der Waals surface area contributed by atoms with Crippen molar-refractivity contribution in [3.8, 4) is 0 Å². The minimum atomic E-state index is -0.107. The lowest BCUT2D eigenvalue weighted by Crippen LogP contribution is -2.47. The largest absolute Gasteiger partial charge is 0.391 e. The molecule has 0 spiro atoms. The molecular formula is C12H23NO2. The summed E-state index contributed by atoms with van der Waals surface area (Å²) >= 11 is 0. The van der Waals surface area contributed by atoms with Crippen molar-refractivity contribution in [3.05, 3.63) is 0 Å². The van der Waals surface area contributed by atoms with Crippen LogP contribution in [0.25, 0.3) is 0 Å². The number of nitrogens with zero attached hydrogens (tertiary/aromatic N) is 1. The predicted octanol–water partition coefficient (Wildman–Crippen LogP) is 1.40. The van der Waals surface area contributed by atoms with E-state index in [1.165, 1.54) is 12.8 Å². The average molecular weight is 213 g/mol. The Labute approximate surface area is 92.4 Å². The van der Waals surface area contributed by atoms with Gasteiger partial charge in [-0.1, -0.05) is 12.8 Å². The first kappa shape index (κ1) is 11.4. The molecule has 3 nitrogen and oxygen atoms in total. The van der Waals surface area contributed by atoms with Crippen LogP contribution in [0.5, 0.6) is 0 Å². The molecule has 3 heteroatoms. The molecule has 1 aliphatic carbocycles. The van der Waals surface area contributed by atoms with E-state index in [1.54, 1.807) is 0 Å². The molecule has 1 saturated heterocycles. The topological polar surface area (TPSA) is 32.7 Å². The molecule has 1 heterocycles. The molecule has 0 amide bonds. The summed E-state index contributed by atoms with van der Waals surface area (Å²) in [5, 5.41) is 10.0. The van der Waals surface area contributed by atoms with E-state index in [2.05, 4.69) is 11.8 Å². The van der Waals surface area contributed by atoms with Gasteiger partial charge in [0.25, 0.3) is 0 Å². The molecule has 2 aliphatic rings. The Balaban J connectivity index is 1.94. The van der Waals surface area contributed by atoms with E-state index in [0.29, 0.717) is 12.1 Å². The van der Waals surface area contributed by atoms with Gasteiger partial charge < -0.3 is 9.84 Å². The second-order valence-corrected chi connectivity index (χ2v) is 4.95. The van der Waals surface area contributed by atoms with Crippen molar-refractivity contribution in [1.29, 1.82) is 0 Å². The maximum Gasteiger partial charge on any atom is 0.0695 e. The van der Waals surface area contributed by atoms with Crippen LogP contribution in [0, 0.1) is 0 Å². The van der Waals surface area contributed by atoms with Crippen LogP contribution in [-0.4, -0.2) is 48.0 Å². The first-order valence-corrected chi connectivity index (χ1v) is 6.31. The maximum absolute atomic E-state index is 10.0. The smallest absolute Gasteiger partial charge is 0.0695 e. The first-order chi connectivity index (χ1) is 7.27. The monoisotopic (exact) mass is 213 g/mol. The number of aliphatic hydroxyl groups is 1. The molecule has 1 N–H and O–H groups in total. The minimum Gasteiger partial charge on any atom is -0.391 e. The predicted molar refractivity (Wildman–Crippen MR) is 59.9 cm³/mol. The lowest BCUT2D eigenvalue weighted by atomic mass is 9.91. The van der Waals surface area contributed by atoms with Crippen LogP contribution in [0.4, 0.5) is 0 Å². The summed E-state index contributed by atoms with van der Waals surface area (Å²) in [6, 6.07) is 0.392. The fourth-order valence-electron chi connectivity index (χ4n) is 2.85. The number of rotatable bonds is 1. The van der Waals surface area contributed by atoms with Crippen molar-refractivity contribution >= 4 is 0 Å². The zero-order valence-corrected chi connectivity index (χ0v) is 9.69. The van der Waals surface area contributed by atoms with Crippen LogP contribution in [0.1, 0.15) is 39.0 Å². The third-order valence-electron chi connectivity index (χ3n) is 3.65. The van der Waals surface area contributed by atoms with Crippen LogP contribution in [0.2, 0.25) is 0 Å². The molecule has 88 valence electrons. The van der Waals surface area contributed by atoms with E-state index in [4.69, 9.17) is 4.74 Å². The average Bonchev–Trinajstić information content (AvgIpc) is 2.43. The van der Waals surface area contributed by atoms with E-state index in [9.17, 15) is 5.11 Å². The highest BCUT2D eigenvalue weighted by atomic mass is 16.5. The molecule has 15 heavy (non-hydrogen) atoms. The molecule has 2 rings (SSSR count). The van der Waals surface area contributed by atoms with Gasteiger partial charge in [-0.3, -0.25) is 4.90 Å². The van der Waals surface area contributed by atoms with E-state index >= 15 is 0 Å². The molecule has 0 bridgehead atoms. The molecular weight excluding hydrogens is 190 g/mol. The zero-order chi connectivity index (χ0) is 10.7.